The van der Waals surface area contributed by atoms with Crippen molar-refractivity contribution in [1.29, 1.82) is 5.26 Å². The standard InChI is InChI=1S/C12H18N6O3/c1-16-3-5-17(6-4-16)8-10(7-13)11(19)15-9-18(14)12(20)21-2/h8-9H,3-6,14H2,1-2H3. The van der Waals surface area contributed by atoms with Gasteiger partial charge in [0.25, 0.3) is 5.91 Å². The molecule has 0 aliphatic carbocycles. The molecule has 1 rings (SSSR count). The molecule has 0 unspecified atom stereocenters. The summed E-state index contributed by atoms with van der Waals surface area (Å²) in [6, 6.07) is 1.79. The molecule has 0 atom stereocenters. The zero-order chi connectivity index (χ0) is 15.8. The highest BCUT2D eigenvalue weighted by atomic mass is 16.5. The van der Waals surface area contributed by atoms with Crippen molar-refractivity contribution in [3.05, 3.63) is 11.8 Å². The topological polar surface area (TPSA) is 115 Å². The first-order valence-corrected chi connectivity index (χ1v) is 6.23. The molecule has 2 amide bonds. The maximum atomic E-state index is 11.8. The number of likely N-dealkylation sites (N-methyl/N-ethyl adjacent to an activating group) is 1. The molecule has 9 nitrogen and oxygen atoms in total. The van der Waals surface area contributed by atoms with Crippen LogP contribution in [0.15, 0.2) is 16.8 Å². The lowest BCUT2D eigenvalue weighted by Gasteiger charge is -2.31. The normalized spacial score (nSPS) is 16.7. The Kier molecular flexibility index (Phi) is 6.32. The lowest BCUT2D eigenvalue weighted by molar-refractivity contribution is -0.114. The third-order valence-corrected chi connectivity index (χ3v) is 2.89. The van der Waals surface area contributed by atoms with E-state index >= 15 is 0 Å². The highest BCUT2D eigenvalue weighted by Crippen LogP contribution is 2.04. The molecule has 114 valence electrons. The van der Waals surface area contributed by atoms with Crippen LogP contribution in [-0.2, 0) is 9.53 Å². The van der Waals surface area contributed by atoms with Crippen molar-refractivity contribution in [1.82, 2.24) is 14.8 Å². The lowest BCUT2D eigenvalue weighted by Crippen LogP contribution is -2.42. The van der Waals surface area contributed by atoms with Crippen molar-refractivity contribution < 1.29 is 14.3 Å². The first-order chi connectivity index (χ1) is 9.97. The summed E-state index contributed by atoms with van der Waals surface area (Å²) >= 11 is 0. The maximum absolute atomic E-state index is 11.8. The predicted molar refractivity (Wildman–Crippen MR) is 74.7 cm³/mol. The number of methoxy groups -OCH3 is 1. The molecule has 0 spiro atoms. The number of nitrogens with zero attached hydrogens (tertiary/aromatic N) is 5. The van der Waals surface area contributed by atoms with E-state index in [9.17, 15) is 9.59 Å². The molecule has 1 aliphatic heterocycles. The predicted octanol–water partition coefficient (Wildman–Crippen LogP) is -0.862. The molecular formula is C12H18N6O3. The van der Waals surface area contributed by atoms with Crippen molar-refractivity contribution in [3.63, 3.8) is 0 Å². The quantitative estimate of drug-likeness (QED) is 0.137. The van der Waals surface area contributed by atoms with Gasteiger partial charge in [0.15, 0.2) is 0 Å². The summed E-state index contributed by atoms with van der Waals surface area (Å²) in [5, 5.41) is 9.53. The number of nitrogens with two attached hydrogens (primary N) is 1. The summed E-state index contributed by atoms with van der Waals surface area (Å²) in [5.41, 5.74) is -0.117. The zero-order valence-electron chi connectivity index (χ0n) is 12.0. The molecule has 1 aliphatic rings. The fraction of sp³-hybridized carbons (Fsp3) is 0.500. The molecule has 1 saturated heterocycles. The lowest BCUT2D eigenvalue weighted by atomic mass is 10.2. The van der Waals surface area contributed by atoms with Gasteiger partial charge in [0.05, 0.1) is 7.11 Å². The first kappa shape index (κ1) is 16.6. The minimum atomic E-state index is -0.867. The SMILES string of the molecule is COC(=O)N(N)C=NC(=O)C(C#N)=CN1CCN(C)CC1. The number of hydrazine groups is 1. The fourth-order valence-electron chi connectivity index (χ4n) is 1.60. The summed E-state index contributed by atoms with van der Waals surface area (Å²) in [6.07, 6.45) is 1.42. The summed E-state index contributed by atoms with van der Waals surface area (Å²) in [5.74, 6) is 4.49. The van der Waals surface area contributed by atoms with Crippen LogP contribution in [0, 0.1) is 11.3 Å². The monoisotopic (exact) mass is 294 g/mol. The van der Waals surface area contributed by atoms with Crippen LogP contribution in [0.1, 0.15) is 0 Å². The number of aliphatic imine (C=N–C) groups is 1. The molecular weight excluding hydrogens is 276 g/mol. The second kappa shape index (κ2) is 7.98. The van der Waals surface area contributed by atoms with Gasteiger partial charge in [0, 0.05) is 32.4 Å². The average Bonchev–Trinajstić information content (AvgIpc) is 2.50. The van der Waals surface area contributed by atoms with Crippen LogP contribution in [0.4, 0.5) is 4.79 Å². The number of piperazine rings is 1. The average molecular weight is 294 g/mol. The van der Waals surface area contributed by atoms with Crippen LogP contribution >= 0.6 is 0 Å². The number of carbonyl (C=O) groups is 2. The van der Waals surface area contributed by atoms with Crippen molar-refractivity contribution in [3.8, 4) is 6.07 Å². The Morgan fingerprint density at radius 3 is 2.52 bits per heavy atom. The second-order valence-corrected chi connectivity index (χ2v) is 4.42. The highest BCUT2D eigenvalue weighted by molar-refractivity contribution is 6.02. The Bertz CT molecular complexity index is 488. The van der Waals surface area contributed by atoms with Gasteiger partial charge in [-0.15, -0.1) is 0 Å². The van der Waals surface area contributed by atoms with E-state index in [4.69, 9.17) is 11.1 Å². The second-order valence-electron chi connectivity index (χ2n) is 4.42. The summed E-state index contributed by atoms with van der Waals surface area (Å²) in [7, 11) is 3.15. The third kappa shape index (κ3) is 5.21. The summed E-state index contributed by atoms with van der Waals surface area (Å²) in [4.78, 5) is 30.2. The van der Waals surface area contributed by atoms with E-state index in [0.29, 0.717) is 5.01 Å². The van der Waals surface area contributed by atoms with Gasteiger partial charge in [-0.05, 0) is 7.05 Å². The summed E-state index contributed by atoms with van der Waals surface area (Å²) < 4.78 is 4.33. The fourth-order valence-corrected chi connectivity index (χ4v) is 1.60. The number of hydrogen-bond donors (Lipinski definition) is 1. The van der Waals surface area contributed by atoms with Crippen LogP contribution in [-0.4, -0.2) is 73.5 Å². The van der Waals surface area contributed by atoms with Crippen molar-refractivity contribution in [2.75, 3.05) is 40.3 Å². The van der Waals surface area contributed by atoms with Gasteiger partial charge in [-0.2, -0.15) is 10.3 Å². The molecule has 21 heavy (non-hydrogen) atoms. The van der Waals surface area contributed by atoms with Gasteiger partial charge in [-0.3, -0.25) is 4.79 Å². The van der Waals surface area contributed by atoms with Crippen LogP contribution in [0.5, 0.6) is 0 Å². The number of carbonyl (C=O) groups excluding carboxylic acids is 2. The molecule has 1 fully saturated rings. The number of hydrogen-bond acceptors (Lipinski definition) is 7. The van der Waals surface area contributed by atoms with E-state index < -0.39 is 12.0 Å². The molecule has 0 aromatic carbocycles. The smallest absolute Gasteiger partial charge is 0.429 e. The number of amides is 2. The Labute approximate surface area is 122 Å². The van der Waals surface area contributed by atoms with Crippen LogP contribution in [0.3, 0.4) is 0 Å². The zero-order valence-corrected chi connectivity index (χ0v) is 12.0. The number of ether oxygens (including phenoxy) is 1. The van der Waals surface area contributed by atoms with Gasteiger partial charge in [0.1, 0.15) is 18.0 Å². The van der Waals surface area contributed by atoms with Crippen LogP contribution in [0.25, 0.3) is 0 Å². The Hall–Kier alpha value is -2.44. The van der Waals surface area contributed by atoms with E-state index in [2.05, 4.69) is 14.6 Å². The third-order valence-electron chi connectivity index (χ3n) is 2.89. The van der Waals surface area contributed by atoms with Gasteiger partial charge in [0.2, 0.25) is 0 Å². The summed E-state index contributed by atoms with van der Waals surface area (Å²) in [6.45, 7) is 3.16. The van der Waals surface area contributed by atoms with Crippen molar-refractivity contribution in [2.45, 2.75) is 0 Å². The molecule has 0 radical (unpaired) electrons. The van der Waals surface area contributed by atoms with Gasteiger partial charge in [-0.1, -0.05) is 0 Å². The van der Waals surface area contributed by atoms with Crippen LogP contribution < -0.4 is 5.84 Å². The van der Waals surface area contributed by atoms with Gasteiger partial charge >= 0.3 is 6.09 Å². The molecule has 9 heteroatoms. The number of nitriles is 1. The minimum Gasteiger partial charge on any atom is -0.452 e. The van der Waals surface area contributed by atoms with Gasteiger partial charge < -0.3 is 14.5 Å². The van der Waals surface area contributed by atoms with E-state index in [0.717, 1.165) is 39.6 Å². The first-order valence-electron chi connectivity index (χ1n) is 6.23. The molecule has 0 aromatic heterocycles. The Morgan fingerprint density at radius 2 is 2.00 bits per heavy atom. The Balaban J connectivity index is 2.67. The van der Waals surface area contributed by atoms with Crippen molar-refractivity contribution in [2.24, 2.45) is 10.8 Å². The molecule has 0 aromatic rings. The van der Waals surface area contributed by atoms with E-state index in [1.54, 1.807) is 6.07 Å². The van der Waals surface area contributed by atoms with E-state index in [1.807, 2.05) is 11.9 Å². The molecule has 2 N–H and O–H groups in total. The van der Waals surface area contributed by atoms with Gasteiger partial charge in [-0.25, -0.2) is 15.6 Å². The molecule has 0 saturated carbocycles. The van der Waals surface area contributed by atoms with Crippen LogP contribution in [0.2, 0.25) is 0 Å². The largest absolute Gasteiger partial charge is 0.452 e. The molecule has 0 bridgehead atoms. The Morgan fingerprint density at radius 1 is 1.38 bits per heavy atom. The van der Waals surface area contributed by atoms with E-state index in [-0.39, 0.29) is 5.57 Å². The highest BCUT2D eigenvalue weighted by Gasteiger charge is 2.15. The number of rotatable bonds is 3. The van der Waals surface area contributed by atoms with Crippen molar-refractivity contribution >= 4 is 18.3 Å². The van der Waals surface area contributed by atoms with E-state index in [1.165, 1.54) is 6.20 Å². The minimum absolute atomic E-state index is 0.117. The maximum Gasteiger partial charge on any atom is 0.429 e. The molecule has 1 heterocycles.